The van der Waals surface area contributed by atoms with Gasteiger partial charge in [0.05, 0.1) is 11.9 Å². The molecule has 3 nitrogen and oxygen atoms in total. The Morgan fingerprint density at radius 3 is 2.43 bits per heavy atom. The highest BCUT2D eigenvalue weighted by atomic mass is 32.1. The molecule has 0 N–H and O–H groups in total. The minimum Gasteiger partial charge on any atom is -0.292 e. The lowest BCUT2D eigenvalue weighted by molar-refractivity contribution is 0.713. The first kappa shape index (κ1) is 14.0. The molecule has 0 spiro atoms. The molecule has 0 saturated carbocycles. The van der Waals surface area contributed by atoms with Crippen LogP contribution in [0, 0.1) is 27.7 Å². The normalized spacial score (nSPS) is 11.2. The Morgan fingerprint density at radius 1 is 1.10 bits per heavy atom. The van der Waals surface area contributed by atoms with Crippen LogP contribution in [0.5, 0.6) is 0 Å². The Kier molecular flexibility index (Phi) is 3.41. The predicted octanol–water partition coefficient (Wildman–Crippen LogP) is 3.74. The largest absolute Gasteiger partial charge is 0.292 e. The minimum atomic E-state index is 0.0694. The van der Waals surface area contributed by atoms with Crippen molar-refractivity contribution in [2.24, 2.45) is 0 Å². The SMILES string of the molecule is Cc1ccc(Cn2c(C)nc3sc(C)c(C)c3c2=O)cc1. The molecule has 3 rings (SSSR count). The molecule has 3 aromatic rings. The van der Waals surface area contributed by atoms with Crippen LogP contribution in [0.3, 0.4) is 0 Å². The molecule has 1 aromatic carbocycles. The zero-order valence-electron chi connectivity index (χ0n) is 12.7. The van der Waals surface area contributed by atoms with Crippen LogP contribution in [0.15, 0.2) is 29.1 Å². The van der Waals surface area contributed by atoms with Gasteiger partial charge in [-0.2, -0.15) is 0 Å². The zero-order chi connectivity index (χ0) is 15.1. The quantitative estimate of drug-likeness (QED) is 0.722. The molecule has 2 heterocycles. The first-order chi connectivity index (χ1) is 9.97. The third kappa shape index (κ3) is 2.40. The summed E-state index contributed by atoms with van der Waals surface area (Å²) in [5.74, 6) is 0.773. The Labute approximate surface area is 127 Å². The fourth-order valence-electron chi connectivity index (χ4n) is 2.49. The lowest BCUT2D eigenvalue weighted by Crippen LogP contribution is -2.24. The van der Waals surface area contributed by atoms with Gasteiger partial charge in [0, 0.05) is 4.88 Å². The fraction of sp³-hybridized carbons (Fsp3) is 0.294. The molecule has 0 fully saturated rings. The number of nitrogens with zero attached hydrogens (tertiary/aromatic N) is 2. The molecule has 0 bridgehead atoms. The summed E-state index contributed by atoms with van der Waals surface area (Å²) in [5.41, 5.74) is 3.47. The topological polar surface area (TPSA) is 34.9 Å². The standard InChI is InChI=1S/C17H18N2OS/c1-10-5-7-14(8-6-10)9-19-13(4)18-16-15(17(19)20)11(2)12(3)21-16/h5-8H,9H2,1-4H3. The van der Waals surface area contributed by atoms with Gasteiger partial charge in [0.2, 0.25) is 0 Å². The van der Waals surface area contributed by atoms with Gasteiger partial charge in [-0.1, -0.05) is 29.8 Å². The van der Waals surface area contributed by atoms with Crippen molar-refractivity contribution in [3.8, 4) is 0 Å². The average molecular weight is 298 g/mol. The zero-order valence-corrected chi connectivity index (χ0v) is 13.5. The van der Waals surface area contributed by atoms with E-state index in [4.69, 9.17) is 0 Å². The molecule has 0 radical (unpaired) electrons. The van der Waals surface area contributed by atoms with Gasteiger partial charge in [-0.15, -0.1) is 11.3 Å². The van der Waals surface area contributed by atoms with E-state index in [0.29, 0.717) is 6.54 Å². The second-order valence-corrected chi connectivity index (χ2v) is 6.70. The number of thiophene rings is 1. The highest BCUT2D eigenvalue weighted by Crippen LogP contribution is 2.26. The van der Waals surface area contributed by atoms with E-state index in [0.717, 1.165) is 27.2 Å². The second-order valence-electron chi connectivity index (χ2n) is 5.50. The lowest BCUT2D eigenvalue weighted by atomic mass is 10.1. The summed E-state index contributed by atoms with van der Waals surface area (Å²) >= 11 is 1.60. The van der Waals surface area contributed by atoms with Gasteiger partial charge >= 0.3 is 0 Å². The van der Waals surface area contributed by atoms with Crippen molar-refractivity contribution in [3.63, 3.8) is 0 Å². The van der Waals surface area contributed by atoms with Crippen LogP contribution in [-0.2, 0) is 6.54 Å². The fourth-order valence-corrected chi connectivity index (χ4v) is 3.56. The monoisotopic (exact) mass is 298 g/mol. The number of rotatable bonds is 2. The van der Waals surface area contributed by atoms with Crippen LogP contribution < -0.4 is 5.56 Å². The van der Waals surface area contributed by atoms with Gasteiger partial charge < -0.3 is 0 Å². The first-order valence-electron chi connectivity index (χ1n) is 7.00. The molecule has 2 aromatic heterocycles. The van der Waals surface area contributed by atoms with Crippen molar-refractivity contribution < 1.29 is 0 Å². The summed E-state index contributed by atoms with van der Waals surface area (Å²) in [7, 11) is 0. The molecule has 0 aliphatic heterocycles. The highest BCUT2D eigenvalue weighted by Gasteiger charge is 2.14. The van der Waals surface area contributed by atoms with Crippen LogP contribution in [0.2, 0.25) is 0 Å². The third-order valence-corrected chi connectivity index (χ3v) is 5.04. The maximum atomic E-state index is 12.8. The molecule has 0 saturated heterocycles. The van der Waals surface area contributed by atoms with Crippen LogP contribution >= 0.6 is 11.3 Å². The van der Waals surface area contributed by atoms with E-state index in [1.165, 1.54) is 10.4 Å². The summed E-state index contributed by atoms with van der Waals surface area (Å²) in [5, 5.41) is 0.773. The number of aromatic nitrogens is 2. The van der Waals surface area contributed by atoms with E-state index in [9.17, 15) is 4.79 Å². The molecule has 0 aliphatic carbocycles. The van der Waals surface area contributed by atoms with Crippen molar-refractivity contribution in [2.75, 3.05) is 0 Å². The molecule has 0 amide bonds. The summed E-state index contributed by atoms with van der Waals surface area (Å²) in [4.78, 5) is 19.4. The van der Waals surface area contributed by atoms with E-state index in [-0.39, 0.29) is 5.56 Å². The Morgan fingerprint density at radius 2 is 1.76 bits per heavy atom. The van der Waals surface area contributed by atoms with Gasteiger partial charge in [0.15, 0.2) is 0 Å². The van der Waals surface area contributed by atoms with Gasteiger partial charge in [0.25, 0.3) is 5.56 Å². The molecular weight excluding hydrogens is 280 g/mol. The number of aryl methyl sites for hydroxylation is 4. The maximum absolute atomic E-state index is 12.8. The van der Waals surface area contributed by atoms with E-state index < -0.39 is 0 Å². The lowest BCUT2D eigenvalue weighted by Gasteiger charge is -2.10. The minimum absolute atomic E-state index is 0.0694. The Hall–Kier alpha value is -1.94. The maximum Gasteiger partial charge on any atom is 0.262 e. The molecule has 21 heavy (non-hydrogen) atoms. The van der Waals surface area contributed by atoms with E-state index in [2.05, 4.69) is 36.2 Å². The number of hydrogen-bond donors (Lipinski definition) is 0. The van der Waals surface area contributed by atoms with Crippen molar-refractivity contribution in [1.82, 2.24) is 9.55 Å². The predicted molar refractivity (Wildman–Crippen MR) is 88.4 cm³/mol. The molecule has 0 unspecified atom stereocenters. The van der Waals surface area contributed by atoms with Gasteiger partial charge in [0.1, 0.15) is 10.7 Å². The van der Waals surface area contributed by atoms with Gasteiger partial charge in [-0.05, 0) is 38.8 Å². The summed E-state index contributed by atoms with van der Waals surface area (Å²) in [6, 6.07) is 8.28. The van der Waals surface area contributed by atoms with Crippen molar-refractivity contribution >= 4 is 21.6 Å². The highest BCUT2D eigenvalue weighted by molar-refractivity contribution is 7.18. The third-order valence-electron chi connectivity index (χ3n) is 3.94. The van der Waals surface area contributed by atoms with Crippen molar-refractivity contribution in [2.45, 2.75) is 34.2 Å². The molecule has 0 atom stereocenters. The summed E-state index contributed by atoms with van der Waals surface area (Å²) < 4.78 is 1.77. The smallest absolute Gasteiger partial charge is 0.262 e. The van der Waals surface area contributed by atoms with Crippen LogP contribution in [0.1, 0.15) is 27.4 Å². The van der Waals surface area contributed by atoms with Gasteiger partial charge in [-0.25, -0.2) is 4.98 Å². The number of hydrogen-bond acceptors (Lipinski definition) is 3. The van der Waals surface area contributed by atoms with Crippen LogP contribution in [0.4, 0.5) is 0 Å². The van der Waals surface area contributed by atoms with Crippen LogP contribution in [0.25, 0.3) is 10.2 Å². The number of fused-ring (bicyclic) bond motifs is 1. The first-order valence-corrected chi connectivity index (χ1v) is 7.81. The van der Waals surface area contributed by atoms with Gasteiger partial charge in [-0.3, -0.25) is 9.36 Å². The summed E-state index contributed by atoms with van der Waals surface area (Å²) in [6.45, 7) is 8.58. The molecule has 0 aliphatic rings. The number of benzene rings is 1. The Balaban J connectivity index is 2.16. The molecule has 108 valence electrons. The average Bonchev–Trinajstić information content (AvgIpc) is 2.72. The molecular formula is C17H18N2OS. The van der Waals surface area contributed by atoms with E-state index in [1.54, 1.807) is 15.9 Å². The molecule has 4 heteroatoms. The second kappa shape index (κ2) is 5.11. The Bertz CT molecular complexity index is 872. The van der Waals surface area contributed by atoms with Crippen LogP contribution in [-0.4, -0.2) is 9.55 Å². The summed E-state index contributed by atoms with van der Waals surface area (Å²) in [6.07, 6.45) is 0. The van der Waals surface area contributed by atoms with E-state index in [1.807, 2.05) is 20.8 Å². The van der Waals surface area contributed by atoms with Crippen molar-refractivity contribution in [1.29, 1.82) is 0 Å². The van der Waals surface area contributed by atoms with E-state index >= 15 is 0 Å². The van der Waals surface area contributed by atoms with Crippen molar-refractivity contribution in [3.05, 3.63) is 62.0 Å².